The van der Waals surface area contributed by atoms with Crippen LogP contribution >= 0.6 is 0 Å². The van der Waals surface area contributed by atoms with Crippen LogP contribution in [0, 0.1) is 23.3 Å². The lowest BCUT2D eigenvalue weighted by Gasteiger charge is -2.26. The largest absolute Gasteiger partial charge is 0.207 e. The average molecular weight is 605 g/mol. The molecule has 0 saturated heterocycles. The second kappa shape index (κ2) is 11.0. The van der Waals surface area contributed by atoms with Gasteiger partial charge >= 0.3 is 0 Å². The van der Waals surface area contributed by atoms with Gasteiger partial charge in [0.05, 0.1) is 0 Å². The third-order valence-corrected chi connectivity index (χ3v) is 8.71. The molecule has 0 aliphatic rings. The van der Waals surface area contributed by atoms with E-state index in [1.165, 1.54) is 48.5 Å². The van der Waals surface area contributed by atoms with E-state index in [0.717, 1.165) is 76.8 Å². The molecule has 220 valence electrons. The lowest BCUT2D eigenvalue weighted by atomic mass is 9.76. The minimum atomic E-state index is -0.383. The van der Waals surface area contributed by atoms with Crippen LogP contribution in [0.15, 0.2) is 146 Å². The molecule has 46 heavy (non-hydrogen) atoms. The Morgan fingerprint density at radius 3 is 0.761 bits per heavy atom. The molecule has 0 atom stereocenters. The Morgan fingerprint density at radius 1 is 0.239 bits per heavy atom. The van der Waals surface area contributed by atoms with Crippen LogP contribution in [0.3, 0.4) is 0 Å². The first-order valence-electron chi connectivity index (χ1n) is 14.9. The molecule has 8 aromatic carbocycles. The standard InChI is InChI=1S/C42H24F4/c43-29-17-9-25(10-18-29)37-38(26-11-19-30(44)20-12-26)40(28-15-23-32(46)24-16-28)42-36-8-4-2-6-34(36)33-5-1-3-7-35(33)41(42)39(37)27-13-21-31(45)22-14-27/h1-24H. The summed E-state index contributed by atoms with van der Waals surface area (Å²) in [4.78, 5) is 0. The molecule has 0 N–H and O–H groups in total. The van der Waals surface area contributed by atoms with Crippen molar-refractivity contribution >= 4 is 32.3 Å². The molecule has 0 spiro atoms. The van der Waals surface area contributed by atoms with Gasteiger partial charge in [-0.05, 0) is 125 Å². The maximum absolute atomic E-state index is 14.4. The molecular formula is C42H24F4. The number of fused-ring (bicyclic) bond motifs is 6. The normalized spacial score (nSPS) is 11.5. The highest BCUT2D eigenvalue weighted by Gasteiger charge is 2.27. The first kappa shape index (κ1) is 27.8. The van der Waals surface area contributed by atoms with Gasteiger partial charge in [0.2, 0.25) is 0 Å². The van der Waals surface area contributed by atoms with Crippen LogP contribution in [0.2, 0.25) is 0 Å². The molecule has 0 aromatic heterocycles. The van der Waals surface area contributed by atoms with Crippen LogP contribution in [0.25, 0.3) is 76.8 Å². The molecule has 0 amide bonds. The van der Waals surface area contributed by atoms with Crippen molar-refractivity contribution in [2.45, 2.75) is 0 Å². The van der Waals surface area contributed by atoms with Gasteiger partial charge in [-0.15, -0.1) is 0 Å². The van der Waals surface area contributed by atoms with Crippen LogP contribution in [-0.4, -0.2) is 0 Å². The maximum atomic E-state index is 14.4. The quantitative estimate of drug-likeness (QED) is 0.138. The Bertz CT molecular complexity index is 2230. The first-order valence-corrected chi connectivity index (χ1v) is 14.9. The molecule has 0 heterocycles. The van der Waals surface area contributed by atoms with Crippen molar-refractivity contribution in [1.29, 1.82) is 0 Å². The summed E-state index contributed by atoms with van der Waals surface area (Å²) in [5.41, 5.74) is 6.17. The van der Waals surface area contributed by atoms with Crippen molar-refractivity contribution in [3.05, 3.63) is 169 Å². The van der Waals surface area contributed by atoms with E-state index in [4.69, 9.17) is 0 Å². The zero-order chi connectivity index (χ0) is 31.4. The number of hydrogen-bond acceptors (Lipinski definition) is 0. The molecule has 8 rings (SSSR count). The molecule has 0 saturated carbocycles. The van der Waals surface area contributed by atoms with Crippen molar-refractivity contribution in [3.8, 4) is 44.5 Å². The van der Waals surface area contributed by atoms with E-state index in [9.17, 15) is 17.6 Å². The molecule has 0 aliphatic carbocycles. The van der Waals surface area contributed by atoms with Gasteiger partial charge in [-0.25, -0.2) is 17.6 Å². The highest BCUT2D eigenvalue weighted by Crippen LogP contribution is 2.54. The van der Waals surface area contributed by atoms with E-state index in [2.05, 4.69) is 24.3 Å². The van der Waals surface area contributed by atoms with E-state index >= 15 is 0 Å². The topological polar surface area (TPSA) is 0 Å². The van der Waals surface area contributed by atoms with E-state index in [1.807, 2.05) is 24.3 Å². The second-order valence-electron chi connectivity index (χ2n) is 11.4. The Balaban J connectivity index is 1.75. The van der Waals surface area contributed by atoms with Crippen LogP contribution < -0.4 is 0 Å². The Kier molecular flexibility index (Phi) is 6.65. The smallest absolute Gasteiger partial charge is 0.123 e. The van der Waals surface area contributed by atoms with Gasteiger partial charge in [0.1, 0.15) is 23.3 Å². The van der Waals surface area contributed by atoms with Crippen molar-refractivity contribution in [2.75, 3.05) is 0 Å². The molecule has 0 aliphatic heterocycles. The summed E-state index contributed by atoms with van der Waals surface area (Å²) in [6.07, 6.45) is 0. The monoisotopic (exact) mass is 604 g/mol. The van der Waals surface area contributed by atoms with E-state index in [-0.39, 0.29) is 23.3 Å². The fourth-order valence-electron chi connectivity index (χ4n) is 6.78. The predicted octanol–water partition coefficient (Wildman–Crippen LogP) is 12.4. The van der Waals surface area contributed by atoms with Crippen molar-refractivity contribution < 1.29 is 17.6 Å². The predicted molar refractivity (Wildman–Crippen MR) is 181 cm³/mol. The Hall–Kier alpha value is -5.74. The highest BCUT2D eigenvalue weighted by molar-refractivity contribution is 6.35. The average Bonchev–Trinajstić information content (AvgIpc) is 3.09. The zero-order valence-electron chi connectivity index (χ0n) is 24.4. The summed E-state index contributed by atoms with van der Waals surface area (Å²) in [7, 11) is 0. The number of halogens is 4. The molecule has 8 aromatic rings. The number of benzene rings is 8. The molecule has 4 heteroatoms. The summed E-state index contributed by atoms with van der Waals surface area (Å²) in [6.45, 7) is 0. The molecule has 0 unspecified atom stereocenters. The third kappa shape index (κ3) is 4.53. The fraction of sp³-hybridized carbons (Fsp3) is 0. The maximum Gasteiger partial charge on any atom is 0.123 e. The molecule has 0 fully saturated rings. The SMILES string of the molecule is Fc1ccc(-c2c(-c3ccc(F)cc3)c(-c3ccc(F)cc3)c3c4ccccc4c4ccccc4c3c2-c2ccc(F)cc2)cc1. The summed E-state index contributed by atoms with van der Waals surface area (Å²) < 4.78 is 57.8. The van der Waals surface area contributed by atoms with Gasteiger partial charge in [0.25, 0.3) is 0 Å². The van der Waals surface area contributed by atoms with Gasteiger partial charge in [-0.2, -0.15) is 0 Å². The van der Waals surface area contributed by atoms with Crippen LogP contribution in [0.5, 0.6) is 0 Å². The molecule has 0 bridgehead atoms. The summed E-state index contributed by atoms with van der Waals surface area (Å²) in [5, 5.41) is 5.88. The van der Waals surface area contributed by atoms with Crippen molar-refractivity contribution in [3.63, 3.8) is 0 Å². The lowest BCUT2D eigenvalue weighted by molar-refractivity contribution is 0.627. The Morgan fingerprint density at radius 2 is 0.478 bits per heavy atom. The van der Waals surface area contributed by atoms with Crippen molar-refractivity contribution in [2.24, 2.45) is 0 Å². The zero-order valence-corrected chi connectivity index (χ0v) is 24.4. The lowest BCUT2D eigenvalue weighted by Crippen LogP contribution is -1.99. The van der Waals surface area contributed by atoms with Gasteiger partial charge < -0.3 is 0 Å². The highest BCUT2D eigenvalue weighted by atomic mass is 19.1. The molecule has 0 radical (unpaired) electrons. The van der Waals surface area contributed by atoms with Gasteiger partial charge in [-0.3, -0.25) is 0 Å². The summed E-state index contributed by atoms with van der Waals surface area (Å²) in [6, 6.07) is 41.7. The van der Waals surface area contributed by atoms with Crippen LogP contribution in [0.4, 0.5) is 17.6 Å². The first-order chi connectivity index (χ1) is 22.5. The Labute approximate surface area is 262 Å². The minimum absolute atomic E-state index is 0.367. The minimum Gasteiger partial charge on any atom is -0.207 e. The van der Waals surface area contributed by atoms with Gasteiger partial charge in [-0.1, -0.05) is 97.1 Å². The van der Waals surface area contributed by atoms with E-state index in [0.29, 0.717) is 0 Å². The molecular weight excluding hydrogens is 580 g/mol. The summed E-state index contributed by atoms with van der Waals surface area (Å²) >= 11 is 0. The number of rotatable bonds is 4. The second-order valence-corrected chi connectivity index (χ2v) is 11.4. The molecule has 0 nitrogen and oxygen atoms in total. The van der Waals surface area contributed by atoms with E-state index < -0.39 is 0 Å². The third-order valence-electron chi connectivity index (χ3n) is 8.71. The van der Waals surface area contributed by atoms with Gasteiger partial charge in [0.15, 0.2) is 0 Å². The summed E-state index contributed by atoms with van der Waals surface area (Å²) in [5.74, 6) is -1.50. The van der Waals surface area contributed by atoms with Gasteiger partial charge in [0, 0.05) is 0 Å². The van der Waals surface area contributed by atoms with Crippen LogP contribution in [0.1, 0.15) is 0 Å². The van der Waals surface area contributed by atoms with Crippen LogP contribution in [-0.2, 0) is 0 Å². The van der Waals surface area contributed by atoms with Crippen molar-refractivity contribution in [1.82, 2.24) is 0 Å². The fourth-order valence-corrected chi connectivity index (χ4v) is 6.78. The van der Waals surface area contributed by atoms with E-state index in [1.54, 1.807) is 48.5 Å². The number of hydrogen-bond donors (Lipinski definition) is 0.